The van der Waals surface area contributed by atoms with Gasteiger partial charge in [0.1, 0.15) is 0 Å². The normalized spacial score (nSPS) is 58.0. The molecule has 0 aromatic rings. The standard InChI is InChI=1S/3C12H21N.CH4/c3*1-9-12(2)6-7-13(9)8-10-4-3-5-11(10)12;/h3*9-11H,3-8H2,1-2H3;1H4/t9?,10?,11?,12-;9-,10?,11?,12+;;/m00../s1. The zero-order valence-corrected chi connectivity index (χ0v) is 26.8. The second kappa shape index (κ2) is 10.8. The third-order valence-corrected chi connectivity index (χ3v) is 16.2. The van der Waals surface area contributed by atoms with Gasteiger partial charge < -0.3 is 0 Å². The van der Waals surface area contributed by atoms with Crippen LogP contribution >= 0.6 is 0 Å². The monoisotopic (exact) mass is 554 g/mol. The number of hydrogen-bond donors (Lipinski definition) is 0. The highest BCUT2D eigenvalue weighted by molar-refractivity contribution is 5.08. The molecule has 15 atom stereocenters. The average molecular weight is 554 g/mol. The van der Waals surface area contributed by atoms with Crippen LogP contribution in [0, 0.1) is 51.8 Å². The van der Waals surface area contributed by atoms with Gasteiger partial charge in [0.25, 0.3) is 0 Å². The fourth-order valence-corrected chi connectivity index (χ4v) is 13.1. The van der Waals surface area contributed by atoms with Crippen LogP contribution < -0.4 is 0 Å². The van der Waals surface area contributed by atoms with Crippen LogP contribution in [0.15, 0.2) is 0 Å². The first kappa shape index (κ1) is 29.9. The topological polar surface area (TPSA) is 9.72 Å². The summed E-state index contributed by atoms with van der Waals surface area (Å²) in [5.41, 5.74) is 2.04. The summed E-state index contributed by atoms with van der Waals surface area (Å²) in [6.07, 6.45) is 18.1. The van der Waals surface area contributed by atoms with Crippen LogP contribution in [0.4, 0.5) is 0 Å². The van der Waals surface area contributed by atoms with E-state index in [9.17, 15) is 0 Å². The minimum atomic E-state index is 0. The van der Waals surface area contributed by atoms with E-state index in [2.05, 4.69) is 56.2 Å². The van der Waals surface area contributed by atoms with Gasteiger partial charge in [-0.1, -0.05) is 47.5 Å². The first-order valence-corrected chi connectivity index (χ1v) is 17.9. The van der Waals surface area contributed by atoms with Crippen molar-refractivity contribution >= 4 is 0 Å². The number of rotatable bonds is 0. The van der Waals surface area contributed by atoms with Crippen molar-refractivity contribution in [2.75, 3.05) is 39.3 Å². The molecule has 3 saturated carbocycles. The van der Waals surface area contributed by atoms with E-state index in [0.29, 0.717) is 16.2 Å². The second-order valence-electron chi connectivity index (χ2n) is 17.2. The highest BCUT2D eigenvalue weighted by Gasteiger charge is 2.56. The molecule has 0 aromatic heterocycles. The van der Waals surface area contributed by atoms with Crippen molar-refractivity contribution in [1.29, 1.82) is 0 Å². The molecular weight excluding hydrogens is 486 g/mol. The van der Waals surface area contributed by atoms with E-state index in [1.54, 1.807) is 0 Å². The number of hydrogen-bond acceptors (Lipinski definition) is 3. The zero-order chi connectivity index (χ0) is 27.2. The fourth-order valence-electron chi connectivity index (χ4n) is 13.1. The van der Waals surface area contributed by atoms with Gasteiger partial charge in [-0.2, -0.15) is 0 Å². The summed E-state index contributed by atoms with van der Waals surface area (Å²) < 4.78 is 0. The Kier molecular flexibility index (Phi) is 8.08. The lowest BCUT2D eigenvalue weighted by molar-refractivity contribution is 0.0254. The van der Waals surface area contributed by atoms with E-state index in [1.807, 2.05) is 0 Å². The van der Waals surface area contributed by atoms with Gasteiger partial charge in [-0.05, 0) is 150 Å². The maximum absolute atomic E-state index is 2.74. The molecular formula is C37H67N3. The smallest absolute Gasteiger partial charge is 0.0124 e. The van der Waals surface area contributed by atoms with Gasteiger partial charge in [0.15, 0.2) is 0 Å². The van der Waals surface area contributed by atoms with Gasteiger partial charge >= 0.3 is 0 Å². The van der Waals surface area contributed by atoms with Crippen molar-refractivity contribution in [2.45, 2.75) is 144 Å². The first-order valence-electron chi connectivity index (χ1n) is 17.9. The molecule has 0 radical (unpaired) electrons. The summed E-state index contributed by atoms with van der Waals surface area (Å²) >= 11 is 0. The van der Waals surface area contributed by atoms with E-state index in [1.165, 1.54) is 116 Å². The van der Waals surface area contributed by atoms with Gasteiger partial charge in [0.2, 0.25) is 0 Å². The Balaban J connectivity index is 0.000000107. The molecule has 0 amide bonds. The molecule has 0 N–H and O–H groups in total. The largest absolute Gasteiger partial charge is 0.300 e. The molecule has 3 nitrogen and oxygen atoms in total. The fraction of sp³-hybridized carbons (Fsp3) is 1.00. The quantitative estimate of drug-likeness (QED) is 0.299. The summed E-state index contributed by atoms with van der Waals surface area (Å²) in [5.74, 6) is 6.39. The van der Waals surface area contributed by atoms with Gasteiger partial charge in [0, 0.05) is 37.8 Å². The molecule has 40 heavy (non-hydrogen) atoms. The molecule has 9 rings (SSSR count). The van der Waals surface area contributed by atoms with Gasteiger partial charge in [-0.15, -0.1) is 0 Å². The Morgan fingerprint density at radius 2 is 0.725 bits per heavy atom. The Morgan fingerprint density at radius 3 is 1.00 bits per heavy atom. The van der Waals surface area contributed by atoms with Crippen LogP contribution in [-0.2, 0) is 0 Å². The van der Waals surface area contributed by atoms with Crippen molar-refractivity contribution in [3.63, 3.8) is 0 Å². The molecule has 3 aliphatic carbocycles. The maximum atomic E-state index is 2.74. The lowest BCUT2D eigenvalue weighted by Gasteiger charge is -2.46. The summed E-state index contributed by atoms with van der Waals surface area (Å²) in [6, 6.07) is 2.60. The molecule has 3 heteroatoms. The summed E-state index contributed by atoms with van der Waals surface area (Å²) in [6.45, 7) is 23.4. The molecule has 6 bridgehead atoms. The van der Waals surface area contributed by atoms with Crippen LogP contribution in [-0.4, -0.2) is 72.1 Å². The number of nitrogens with zero attached hydrogens (tertiary/aromatic N) is 3. The van der Waals surface area contributed by atoms with Crippen molar-refractivity contribution in [3.05, 3.63) is 0 Å². The minimum absolute atomic E-state index is 0. The summed E-state index contributed by atoms with van der Waals surface area (Å²) in [4.78, 5) is 8.23. The van der Waals surface area contributed by atoms with Crippen molar-refractivity contribution in [3.8, 4) is 0 Å². The number of piperidine rings is 3. The highest BCUT2D eigenvalue weighted by Crippen LogP contribution is 2.58. The predicted octanol–water partition coefficient (Wildman–Crippen LogP) is 8.19. The predicted molar refractivity (Wildman–Crippen MR) is 171 cm³/mol. The van der Waals surface area contributed by atoms with Crippen LogP contribution in [0.1, 0.15) is 126 Å². The lowest BCUT2D eigenvalue weighted by Crippen LogP contribution is -2.49. The third-order valence-electron chi connectivity index (χ3n) is 16.2. The highest BCUT2D eigenvalue weighted by atomic mass is 15.2. The van der Waals surface area contributed by atoms with Crippen LogP contribution in [0.3, 0.4) is 0 Å². The Hall–Kier alpha value is -0.120. The Bertz CT molecular complexity index is 790. The number of fused-ring (bicyclic) bond motifs is 12. The van der Waals surface area contributed by atoms with E-state index < -0.39 is 0 Å². The van der Waals surface area contributed by atoms with E-state index in [-0.39, 0.29) is 7.43 Å². The van der Waals surface area contributed by atoms with Gasteiger partial charge in [-0.25, -0.2) is 0 Å². The zero-order valence-electron chi connectivity index (χ0n) is 26.8. The van der Waals surface area contributed by atoms with E-state index in [0.717, 1.165) is 53.6 Å². The van der Waals surface area contributed by atoms with Crippen LogP contribution in [0.25, 0.3) is 0 Å². The summed E-state index contributed by atoms with van der Waals surface area (Å²) in [7, 11) is 0. The van der Waals surface area contributed by atoms with E-state index in [4.69, 9.17) is 0 Å². The van der Waals surface area contributed by atoms with Gasteiger partial charge in [-0.3, -0.25) is 14.7 Å². The minimum Gasteiger partial charge on any atom is -0.300 e. The van der Waals surface area contributed by atoms with E-state index >= 15 is 0 Å². The first-order chi connectivity index (χ1) is 18.6. The average Bonchev–Trinajstić information content (AvgIpc) is 3.76. The molecule has 9 aliphatic rings. The molecule has 230 valence electrons. The lowest BCUT2D eigenvalue weighted by atomic mass is 9.66. The molecule has 6 saturated heterocycles. The molecule has 9 fully saturated rings. The van der Waals surface area contributed by atoms with Crippen LogP contribution in [0.2, 0.25) is 0 Å². The molecule has 0 spiro atoms. The third kappa shape index (κ3) is 4.43. The SMILES string of the molecule is C.CC1N2CCC1(C)C1CCCC1C2.CC1N2CC[C@]1(C)C1CCCC1C2.C[C@@H]1N2CC[C@@]1(C)C1CCCC1C2. The molecule has 6 aliphatic heterocycles. The van der Waals surface area contributed by atoms with Gasteiger partial charge in [0.05, 0.1) is 0 Å². The Labute approximate surface area is 249 Å². The van der Waals surface area contributed by atoms with Crippen molar-refractivity contribution in [2.24, 2.45) is 51.8 Å². The van der Waals surface area contributed by atoms with Crippen molar-refractivity contribution in [1.82, 2.24) is 14.7 Å². The molecule has 6 heterocycles. The van der Waals surface area contributed by atoms with Crippen LogP contribution in [0.5, 0.6) is 0 Å². The summed E-state index contributed by atoms with van der Waals surface area (Å²) in [5, 5.41) is 0. The Morgan fingerprint density at radius 1 is 0.450 bits per heavy atom. The maximum Gasteiger partial charge on any atom is 0.0124 e. The molecule has 0 aromatic carbocycles. The van der Waals surface area contributed by atoms with Crippen molar-refractivity contribution < 1.29 is 0 Å². The molecule has 12 unspecified atom stereocenters. The second-order valence-corrected chi connectivity index (χ2v) is 17.2.